The highest BCUT2D eigenvalue weighted by Crippen LogP contribution is 2.37. The van der Waals surface area contributed by atoms with E-state index in [0.717, 1.165) is 0 Å². The van der Waals surface area contributed by atoms with Crippen molar-refractivity contribution in [3.05, 3.63) is 12.2 Å². The first-order valence-corrected chi connectivity index (χ1v) is 15.4. The summed E-state index contributed by atoms with van der Waals surface area (Å²) in [6.45, 7) is -0.532. The summed E-state index contributed by atoms with van der Waals surface area (Å²) >= 11 is 0. The summed E-state index contributed by atoms with van der Waals surface area (Å²) < 4.78 is 35.6. The van der Waals surface area contributed by atoms with Gasteiger partial charge < -0.3 is 93.5 Å². The van der Waals surface area contributed by atoms with Gasteiger partial charge in [-0.25, -0.2) is 0 Å². The van der Waals surface area contributed by atoms with Crippen LogP contribution in [0.15, 0.2) is 12.2 Å². The third kappa shape index (κ3) is 8.37. The van der Waals surface area contributed by atoms with Crippen LogP contribution in [0.25, 0.3) is 0 Å². The second-order valence-corrected chi connectivity index (χ2v) is 12.2. The average Bonchev–Trinajstić information content (AvgIpc) is 3.33. The molecule has 0 spiro atoms. The van der Waals surface area contributed by atoms with Crippen LogP contribution in [0.4, 0.5) is 0 Å². The Morgan fingerprint density at radius 2 is 1.40 bits per heavy atom. The maximum Gasteiger partial charge on any atom is 0.187 e. The van der Waals surface area contributed by atoms with Crippen molar-refractivity contribution in [1.82, 2.24) is 0 Å². The summed E-state index contributed by atoms with van der Waals surface area (Å²) in [5.74, 6) is -0.447. The summed E-state index contributed by atoms with van der Waals surface area (Å²) in [7, 11) is 0. The van der Waals surface area contributed by atoms with E-state index in [1.54, 1.807) is 12.2 Å². The first-order valence-electron chi connectivity index (χ1n) is 15.4. The second kappa shape index (κ2) is 16.4. The van der Waals surface area contributed by atoms with Crippen LogP contribution in [-0.2, 0) is 28.4 Å². The highest BCUT2D eigenvalue weighted by atomic mass is 16.8. The predicted molar refractivity (Wildman–Crippen MR) is 155 cm³/mol. The number of ether oxygens (including phenoxy) is 6. The molecule has 3 fully saturated rings. The van der Waals surface area contributed by atoms with E-state index < -0.39 is 117 Å². The van der Waals surface area contributed by atoms with E-state index in [1.807, 2.05) is 0 Å². The molecule has 3 heterocycles. The minimum atomic E-state index is -1.56. The Kier molecular flexibility index (Phi) is 13.4. The van der Waals surface area contributed by atoms with Gasteiger partial charge in [0.15, 0.2) is 18.9 Å². The van der Waals surface area contributed by atoms with E-state index in [-0.39, 0.29) is 19.6 Å². The van der Waals surface area contributed by atoms with Gasteiger partial charge in [0.1, 0.15) is 48.8 Å². The number of aliphatic hydroxyl groups is 6. The molecule has 0 amide bonds. The molecule has 1 unspecified atom stereocenters. The zero-order chi connectivity index (χ0) is 33.0. The lowest BCUT2D eigenvalue weighted by Gasteiger charge is -2.46. The summed E-state index contributed by atoms with van der Waals surface area (Å²) in [5.41, 5.74) is 35.8. The number of hydrogen-bond acceptors (Lipinski definition) is 18. The molecule has 1 saturated carbocycles. The molecule has 0 aromatic rings. The highest BCUT2D eigenvalue weighted by Gasteiger charge is 2.53. The van der Waals surface area contributed by atoms with Crippen molar-refractivity contribution in [1.29, 1.82) is 0 Å². The first-order chi connectivity index (χ1) is 21.4. The van der Waals surface area contributed by atoms with Crippen molar-refractivity contribution in [3.63, 3.8) is 0 Å². The summed E-state index contributed by atoms with van der Waals surface area (Å²) in [6.07, 6.45) is -11.8. The molecule has 18 atom stereocenters. The number of nitrogens with two attached hydrogens (primary N) is 6. The molecule has 0 bridgehead atoms. The van der Waals surface area contributed by atoms with E-state index in [1.165, 1.54) is 0 Å². The van der Waals surface area contributed by atoms with Crippen molar-refractivity contribution in [2.45, 2.75) is 123 Å². The average molecular weight is 653 g/mol. The van der Waals surface area contributed by atoms with Gasteiger partial charge >= 0.3 is 0 Å². The fraction of sp³-hybridized carbons (Fsp3) is 0.926. The van der Waals surface area contributed by atoms with Gasteiger partial charge in [0, 0.05) is 25.7 Å². The van der Waals surface area contributed by atoms with Gasteiger partial charge in [0.25, 0.3) is 0 Å². The van der Waals surface area contributed by atoms with Crippen LogP contribution in [0, 0.1) is 5.92 Å². The van der Waals surface area contributed by atoms with E-state index in [4.69, 9.17) is 62.8 Å². The first kappa shape index (κ1) is 36.8. The molecule has 18 heteroatoms. The second-order valence-electron chi connectivity index (χ2n) is 12.2. The Labute approximate surface area is 261 Å². The van der Waals surface area contributed by atoms with Crippen LogP contribution in [0.2, 0.25) is 0 Å². The van der Waals surface area contributed by atoms with Gasteiger partial charge in [-0.15, -0.1) is 0 Å². The molecule has 262 valence electrons. The van der Waals surface area contributed by atoms with Crippen LogP contribution >= 0.6 is 0 Å². The number of hydrogen-bond donors (Lipinski definition) is 12. The van der Waals surface area contributed by atoms with Gasteiger partial charge in [-0.05, 0) is 25.2 Å². The SMILES string of the molecule is NCC(O)CC[C@@H]1C[C@H](N)[C@@H](O[C@H]2O[C@H](CN)C=C[C@H]2N)[C@H](O[C@@H]2O[C@H](CO)[C@@H](O[C@H]3O[C@@H](CN)[C@@H](O)[C@H](O)[C@H]3N)[C@H]2O)[C@H]1O. The smallest absolute Gasteiger partial charge is 0.187 e. The van der Waals surface area contributed by atoms with E-state index >= 15 is 0 Å². The lowest BCUT2D eigenvalue weighted by atomic mass is 9.77. The van der Waals surface area contributed by atoms with Crippen molar-refractivity contribution >= 4 is 0 Å². The van der Waals surface area contributed by atoms with Crippen LogP contribution in [0.5, 0.6) is 0 Å². The fourth-order valence-electron chi connectivity index (χ4n) is 6.25. The van der Waals surface area contributed by atoms with Gasteiger partial charge in [-0.2, -0.15) is 0 Å². The third-order valence-corrected chi connectivity index (χ3v) is 9.01. The molecule has 4 aliphatic rings. The molecule has 0 aromatic heterocycles. The zero-order valence-electron chi connectivity index (χ0n) is 25.1. The highest BCUT2D eigenvalue weighted by molar-refractivity contribution is 5.05. The van der Waals surface area contributed by atoms with Crippen molar-refractivity contribution < 1.29 is 59.1 Å². The van der Waals surface area contributed by atoms with Crippen LogP contribution in [-0.4, -0.2) is 161 Å². The minimum Gasteiger partial charge on any atom is -0.394 e. The quantitative estimate of drug-likeness (QED) is 0.0822. The normalized spacial score (nSPS) is 48.0. The monoisotopic (exact) mass is 652 g/mol. The summed E-state index contributed by atoms with van der Waals surface area (Å²) in [5, 5.41) is 63.5. The van der Waals surface area contributed by atoms with Gasteiger partial charge in [0.2, 0.25) is 0 Å². The maximum absolute atomic E-state index is 11.5. The van der Waals surface area contributed by atoms with E-state index in [9.17, 15) is 30.6 Å². The van der Waals surface area contributed by atoms with E-state index in [0.29, 0.717) is 19.3 Å². The van der Waals surface area contributed by atoms with Gasteiger partial charge in [0.05, 0.1) is 37.0 Å². The molecular weight excluding hydrogens is 600 g/mol. The van der Waals surface area contributed by atoms with Crippen molar-refractivity contribution in [3.8, 4) is 0 Å². The molecule has 0 aromatic carbocycles. The lowest BCUT2D eigenvalue weighted by molar-refractivity contribution is -0.286. The topological polar surface area (TPSA) is 333 Å². The molecule has 45 heavy (non-hydrogen) atoms. The summed E-state index contributed by atoms with van der Waals surface area (Å²) in [4.78, 5) is 0. The Morgan fingerprint density at radius 1 is 0.733 bits per heavy atom. The Morgan fingerprint density at radius 3 is 2.04 bits per heavy atom. The summed E-state index contributed by atoms with van der Waals surface area (Å²) in [6, 6.07) is -2.60. The molecule has 0 radical (unpaired) electrons. The lowest BCUT2D eigenvalue weighted by Crippen LogP contribution is -2.64. The van der Waals surface area contributed by atoms with Gasteiger partial charge in [-0.3, -0.25) is 0 Å². The largest absolute Gasteiger partial charge is 0.394 e. The predicted octanol–water partition coefficient (Wildman–Crippen LogP) is -6.67. The minimum absolute atomic E-state index is 0.0513. The molecule has 2 saturated heterocycles. The zero-order valence-corrected chi connectivity index (χ0v) is 25.1. The van der Waals surface area contributed by atoms with Crippen molar-refractivity contribution in [2.24, 2.45) is 40.3 Å². The third-order valence-electron chi connectivity index (χ3n) is 9.01. The molecule has 4 rings (SSSR count). The molecular formula is C27H52N6O12. The maximum atomic E-state index is 11.5. The molecule has 18 nitrogen and oxygen atoms in total. The van der Waals surface area contributed by atoms with Crippen molar-refractivity contribution in [2.75, 3.05) is 26.2 Å². The van der Waals surface area contributed by atoms with Gasteiger partial charge in [-0.1, -0.05) is 12.2 Å². The fourth-order valence-corrected chi connectivity index (χ4v) is 6.25. The molecule has 18 N–H and O–H groups in total. The molecule has 1 aliphatic carbocycles. The van der Waals surface area contributed by atoms with Crippen LogP contribution in [0.1, 0.15) is 19.3 Å². The number of aliphatic hydroxyl groups excluding tert-OH is 6. The van der Waals surface area contributed by atoms with E-state index in [2.05, 4.69) is 0 Å². The standard InChI is InChI=1S/C27H52N6O12/c28-6-11(35)2-1-10-5-14(32)22(43-25-13(31)4-3-12(7-29)40-25)24(18(10)36)45-27-21(39)23(16(9-34)42-27)44-26-17(33)20(38)19(37)15(8-30)41-26/h3-4,10-27,34-39H,1-2,5-9,28-33H2/t10-,11?,12+,13-,14+,15+,16-,17-,18+,19-,20-,21-,22-,23-,24-,25-,26-,27+/m1/s1. The van der Waals surface area contributed by atoms with Crippen LogP contribution in [0.3, 0.4) is 0 Å². The Hall–Kier alpha value is -0.980. The molecule has 3 aliphatic heterocycles. The Balaban J connectivity index is 1.53. The van der Waals surface area contributed by atoms with Crippen LogP contribution < -0.4 is 34.4 Å². The Bertz CT molecular complexity index is 943. The number of rotatable bonds is 13.